The van der Waals surface area contributed by atoms with Crippen molar-refractivity contribution in [1.29, 1.82) is 0 Å². The zero-order valence-electron chi connectivity index (χ0n) is 17.2. The summed E-state index contributed by atoms with van der Waals surface area (Å²) < 4.78 is 0. The monoisotopic (exact) mass is 389 g/mol. The number of aromatic nitrogens is 3. The summed E-state index contributed by atoms with van der Waals surface area (Å²) >= 11 is 0. The van der Waals surface area contributed by atoms with Crippen LogP contribution in [0.5, 0.6) is 0 Å². The molecule has 0 radical (unpaired) electrons. The Kier molecular flexibility index (Phi) is 5.20. The van der Waals surface area contributed by atoms with Gasteiger partial charge in [0.25, 0.3) is 0 Å². The van der Waals surface area contributed by atoms with Gasteiger partial charge in [0.1, 0.15) is 0 Å². The van der Waals surface area contributed by atoms with E-state index < -0.39 is 0 Å². The summed E-state index contributed by atoms with van der Waals surface area (Å²) in [6, 6.07) is 14.8. The summed E-state index contributed by atoms with van der Waals surface area (Å²) in [5, 5.41) is 3.25. The fourth-order valence-electron chi connectivity index (χ4n) is 3.45. The Morgan fingerprint density at radius 2 is 1.48 bits per heavy atom. The number of benzene rings is 2. The van der Waals surface area contributed by atoms with Gasteiger partial charge in [0.15, 0.2) is 0 Å². The number of piperazine rings is 1. The summed E-state index contributed by atoms with van der Waals surface area (Å²) in [4.78, 5) is 17.8. The summed E-state index contributed by atoms with van der Waals surface area (Å²) in [7, 11) is 0. The van der Waals surface area contributed by atoms with Gasteiger partial charge in [0.2, 0.25) is 17.8 Å². The van der Waals surface area contributed by atoms with E-state index in [9.17, 15) is 0 Å². The predicted octanol–water partition coefficient (Wildman–Crippen LogP) is 3.45. The number of nitrogens with zero attached hydrogens (tertiary/aromatic N) is 5. The van der Waals surface area contributed by atoms with Crippen LogP contribution in [-0.4, -0.2) is 41.1 Å². The highest BCUT2D eigenvalue weighted by Gasteiger charge is 2.20. The lowest BCUT2D eigenvalue weighted by molar-refractivity contribution is 0.639. The van der Waals surface area contributed by atoms with E-state index in [1.807, 2.05) is 6.07 Å². The molecule has 1 aliphatic rings. The standard InChI is InChI=1S/C22H27N7/c1-15-4-8-19(9-5-15)28-10-12-29(13-11-28)22-26-20(23)25-21(27-22)24-18-7-6-16(2)17(3)14-18/h4-9,14H,10-13H2,1-3H3,(H3,23,24,25,26,27). The van der Waals surface area contributed by atoms with Crippen LogP contribution in [0.25, 0.3) is 0 Å². The van der Waals surface area contributed by atoms with Gasteiger partial charge in [-0.05, 0) is 56.2 Å². The van der Waals surface area contributed by atoms with Crippen molar-refractivity contribution in [2.45, 2.75) is 20.8 Å². The molecule has 0 saturated carbocycles. The highest BCUT2D eigenvalue weighted by atomic mass is 15.4. The van der Waals surface area contributed by atoms with Crippen LogP contribution in [0.1, 0.15) is 16.7 Å². The van der Waals surface area contributed by atoms with Crippen LogP contribution < -0.4 is 20.9 Å². The largest absolute Gasteiger partial charge is 0.368 e. The van der Waals surface area contributed by atoms with Gasteiger partial charge in [-0.25, -0.2) is 0 Å². The number of nitrogen functional groups attached to an aromatic ring is 1. The van der Waals surface area contributed by atoms with E-state index in [4.69, 9.17) is 5.73 Å². The lowest BCUT2D eigenvalue weighted by Gasteiger charge is -2.36. The van der Waals surface area contributed by atoms with Crippen LogP contribution in [0, 0.1) is 20.8 Å². The SMILES string of the molecule is Cc1ccc(N2CCN(c3nc(N)nc(Nc4ccc(C)c(C)c4)n3)CC2)cc1. The molecule has 2 heterocycles. The predicted molar refractivity (Wildman–Crippen MR) is 119 cm³/mol. The van der Waals surface area contributed by atoms with Crippen LogP contribution in [0.4, 0.5) is 29.2 Å². The topological polar surface area (TPSA) is 83.2 Å². The minimum atomic E-state index is 0.224. The fraction of sp³-hybridized carbons (Fsp3) is 0.318. The molecule has 150 valence electrons. The number of nitrogens with one attached hydrogen (secondary N) is 1. The van der Waals surface area contributed by atoms with Crippen molar-refractivity contribution in [2.75, 3.05) is 47.0 Å². The third-order valence-corrected chi connectivity index (χ3v) is 5.37. The first-order chi connectivity index (χ1) is 14.0. The van der Waals surface area contributed by atoms with Crippen molar-refractivity contribution in [1.82, 2.24) is 15.0 Å². The Balaban J connectivity index is 1.46. The maximum atomic E-state index is 5.97. The quantitative estimate of drug-likeness (QED) is 0.707. The van der Waals surface area contributed by atoms with Gasteiger partial charge in [-0.2, -0.15) is 15.0 Å². The molecular formula is C22H27N7. The van der Waals surface area contributed by atoms with E-state index in [1.165, 1.54) is 22.4 Å². The van der Waals surface area contributed by atoms with Crippen LogP contribution in [0.3, 0.4) is 0 Å². The number of hydrogen-bond acceptors (Lipinski definition) is 7. The minimum absolute atomic E-state index is 0.224. The molecule has 0 atom stereocenters. The average Bonchev–Trinajstić information content (AvgIpc) is 2.71. The van der Waals surface area contributed by atoms with Gasteiger partial charge in [-0.15, -0.1) is 0 Å². The first-order valence-corrected chi connectivity index (χ1v) is 9.90. The maximum Gasteiger partial charge on any atom is 0.233 e. The molecule has 1 aliphatic heterocycles. The van der Waals surface area contributed by atoms with E-state index in [0.29, 0.717) is 11.9 Å². The second kappa shape index (κ2) is 7.95. The van der Waals surface area contributed by atoms with Crippen molar-refractivity contribution in [3.8, 4) is 0 Å². The molecule has 3 aromatic rings. The highest BCUT2D eigenvalue weighted by Crippen LogP contribution is 2.22. The Hall–Kier alpha value is -3.35. The Labute approximate surface area is 171 Å². The molecule has 2 aromatic carbocycles. The van der Waals surface area contributed by atoms with Crippen LogP contribution in [0.2, 0.25) is 0 Å². The van der Waals surface area contributed by atoms with Crippen molar-refractivity contribution >= 4 is 29.2 Å². The van der Waals surface area contributed by atoms with Gasteiger partial charge < -0.3 is 20.9 Å². The molecule has 4 rings (SSSR count). The van der Waals surface area contributed by atoms with E-state index >= 15 is 0 Å². The van der Waals surface area contributed by atoms with Crippen molar-refractivity contribution in [3.05, 3.63) is 59.2 Å². The second-order valence-corrected chi connectivity index (χ2v) is 7.55. The van der Waals surface area contributed by atoms with Crippen molar-refractivity contribution in [2.24, 2.45) is 0 Å². The molecule has 1 saturated heterocycles. The molecule has 0 spiro atoms. The minimum Gasteiger partial charge on any atom is -0.368 e. The molecule has 0 unspecified atom stereocenters. The third kappa shape index (κ3) is 4.39. The zero-order chi connectivity index (χ0) is 20.4. The zero-order valence-corrected chi connectivity index (χ0v) is 17.2. The number of nitrogens with two attached hydrogens (primary N) is 1. The Morgan fingerprint density at radius 3 is 2.17 bits per heavy atom. The Morgan fingerprint density at radius 1 is 0.793 bits per heavy atom. The molecule has 1 fully saturated rings. The van der Waals surface area contributed by atoms with E-state index in [1.54, 1.807) is 0 Å². The number of rotatable bonds is 4. The van der Waals surface area contributed by atoms with Crippen molar-refractivity contribution < 1.29 is 0 Å². The summed E-state index contributed by atoms with van der Waals surface area (Å²) in [5.41, 5.74) is 11.9. The summed E-state index contributed by atoms with van der Waals surface area (Å²) in [5.74, 6) is 1.31. The summed E-state index contributed by atoms with van der Waals surface area (Å²) in [6.45, 7) is 9.77. The summed E-state index contributed by atoms with van der Waals surface area (Å²) in [6.07, 6.45) is 0. The number of aryl methyl sites for hydroxylation is 3. The molecule has 7 heteroatoms. The lowest BCUT2D eigenvalue weighted by atomic mass is 10.1. The van der Waals surface area contributed by atoms with Gasteiger partial charge in [0.05, 0.1) is 0 Å². The van der Waals surface area contributed by atoms with E-state index in [-0.39, 0.29) is 5.95 Å². The van der Waals surface area contributed by atoms with Gasteiger partial charge in [0, 0.05) is 37.6 Å². The third-order valence-electron chi connectivity index (χ3n) is 5.37. The average molecular weight is 390 g/mol. The van der Waals surface area contributed by atoms with Crippen LogP contribution >= 0.6 is 0 Å². The first kappa shape index (κ1) is 19.0. The van der Waals surface area contributed by atoms with E-state index in [2.05, 4.69) is 87.2 Å². The molecule has 29 heavy (non-hydrogen) atoms. The first-order valence-electron chi connectivity index (χ1n) is 9.90. The fourth-order valence-corrected chi connectivity index (χ4v) is 3.45. The van der Waals surface area contributed by atoms with Crippen LogP contribution in [-0.2, 0) is 0 Å². The molecular weight excluding hydrogens is 362 g/mol. The Bertz CT molecular complexity index is 993. The lowest BCUT2D eigenvalue weighted by Crippen LogP contribution is -2.47. The second-order valence-electron chi connectivity index (χ2n) is 7.55. The van der Waals surface area contributed by atoms with Gasteiger partial charge in [-0.3, -0.25) is 0 Å². The highest BCUT2D eigenvalue weighted by molar-refractivity contribution is 5.58. The molecule has 3 N–H and O–H groups in total. The maximum absolute atomic E-state index is 5.97. The molecule has 1 aromatic heterocycles. The van der Waals surface area contributed by atoms with E-state index in [0.717, 1.165) is 31.9 Å². The van der Waals surface area contributed by atoms with Gasteiger partial charge in [-0.1, -0.05) is 23.8 Å². The van der Waals surface area contributed by atoms with Crippen molar-refractivity contribution in [3.63, 3.8) is 0 Å². The van der Waals surface area contributed by atoms with Gasteiger partial charge >= 0.3 is 0 Å². The molecule has 7 nitrogen and oxygen atoms in total. The number of anilines is 5. The smallest absolute Gasteiger partial charge is 0.233 e. The normalized spacial score (nSPS) is 14.2. The molecule has 0 bridgehead atoms. The van der Waals surface area contributed by atoms with Crippen LogP contribution in [0.15, 0.2) is 42.5 Å². The molecule has 0 amide bonds. The number of hydrogen-bond donors (Lipinski definition) is 2. The molecule has 0 aliphatic carbocycles.